The number of nitrogens with zero attached hydrogens (tertiary/aromatic N) is 3. The lowest BCUT2D eigenvalue weighted by atomic mass is 10.3. The molecule has 1 aromatic heterocycles. The zero-order chi connectivity index (χ0) is 15.4. The second-order valence-corrected chi connectivity index (χ2v) is 4.61. The lowest BCUT2D eigenvalue weighted by Crippen LogP contribution is -2.05. The number of aromatic nitrogens is 2. The molecule has 0 saturated heterocycles. The number of nitrogens with one attached hydrogen (secondary N) is 1. The van der Waals surface area contributed by atoms with Gasteiger partial charge < -0.3 is 10.1 Å². The van der Waals surface area contributed by atoms with Crippen LogP contribution >= 0.6 is 23.2 Å². The van der Waals surface area contributed by atoms with Crippen LogP contribution in [0.15, 0.2) is 24.4 Å². The molecule has 0 saturated carbocycles. The van der Waals surface area contributed by atoms with E-state index < -0.39 is 4.92 Å². The quantitative estimate of drug-likeness (QED) is 0.660. The highest BCUT2D eigenvalue weighted by molar-refractivity contribution is 6.42. The summed E-state index contributed by atoms with van der Waals surface area (Å²) >= 11 is 11.9. The van der Waals surface area contributed by atoms with Crippen molar-refractivity contribution in [1.29, 1.82) is 0 Å². The third-order valence-electron chi connectivity index (χ3n) is 2.39. The fourth-order valence-corrected chi connectivity index (χ4v) is 1.80. The molecule has 7 nitrogen and oxygen atoms in total. The van der Waals surface area contributed by atoms with Crippen molar-refractivity contribution in [2.24, 2.45) is 0 Å². The molecule has 0 spiro atoms. The first kappa shape index (κ1) is 15.3. The Balaban J connectivity index is 2.43. The smallest absolute Gasteiger partial charge is 0.349 e. The molecule has 0 bridgehead atoms. The predicted molar refractivity (Wildman–Crippen MR) is 79.4 cm³/mol. The lowest BCUT2D eigenvalue weighted by Gasteiger charge is -2.09. The van der Waals surface area contributed by atoms with Gasteiger partial charge in [-0.2, -0.15) is 4.98 Å². The number of ether oxygens (including phenoxy) is 1. The lowest BCUT2D eigenvalue weighted by molar-refractivity contribution is -0.386. The summed E-state index contributed by atoms with van der Waals surface area (Å²) in [7, 11) is 0. The fourth-order valence-electron chi connectivity index (χ4n) is 1.47. The van der Waals surface area contributed by atoms with E-state index in [4.69, 9.17) is 27.9 Å². The summed E-state index contributed by atoms with van der Waals surface area (Å²) in [5.74, 6) is 0.180. The van der Waals surface area contributed by atoms with Crippen molar-refractivity contribution in [2.45, 2.75) is 6.92 Å². The van der Waals surface area contributed by atoms with Gasteiger partial charge in [0.05, 0.1) is 9.95 Å². The van der Waals surface area contributed by atoms with E-state index in [1.54, 1.807) is 12.1 Å². The van der Waals surface area contributed by atoms with Crippen molar-refractivity contribution in [3.05, 3.63) is 44.6 Å². The summed E-state index contributed by atoms with van der Waals surface area (Å²) in [6, 6.07) is 4.73. The average molecular weight is 329 g/mol. The highest BCUT2D eigenvalue weighted by Crippen LogP contribution is 2.36. The molecular weight excluding hydrogens is 319 g/mol. The molecule has 0 unspecified atom stereocenters. The topological polar surface area (TPSA) is 90.2 Å². The number of rotatable bonds is 5. The summed E-state index contributed by atoms with van der Waals surface area (Å²) in [4.78, 5) is 18.2. The number of halogens is 2. The number of anilines is 1. The van der Waals surface area contributed by atoms with Gasteiger partial charge in [-0.3, -0.25) is 10.1 Å². The van der Waals surface area contributed by atoms with Crippen LogP contribution in [-0.2, 0) is 0 Å². The fraction of sp³-hybridized carbons (Fsp3) is 0.167. The Bertz CT molecular complexity index is 682. The van der Waals surface area contributed by atoms with E-state index in [2.05, 4.69) is 15.3 Å². The van der Waals surface area contributed by atoms with Crippen LogP contribution < -0.4 is 10.1 Å². The molecule has 0 aliphatic rings. The maximum absolute atomic E-state index is 11.0. The number of benzene rings is 1. The standard InChI is InChI=1S/C12H10Cl2N4O3/c1-2-15-12-16-6-8(18(19)20)11(17-12)21-9-5-3-4-7(13)10(9)14/h3-6H,2H2,1H3,(H,15,16,17). The molecule has 2 rings (SSSR count). The molecule has 0 atom stereocenters. The minimum absolute atomic E-state index is 0.150. The summed E-state index contributed by atoms with van der Waals surface area (Å²) < 4.78 is 5.42. The van der Waals surface area contributed by atoms with E-state index in [0.29, 0.717) is 6.54 Å². The minimum atomic E-state index is -0.635. The molecule has 110 valence electrons. The highest BCUT2D eigenvalue weighted by atomic mass is 35.5. The minimum Gasteiger partial charge on any atom is -0.432 e. The van der Waals surface area contributed by atoms with Gasteiger partial charge in [-0.05, 0) is 19.1 Å². The van der Waals surface area contributed by atoms with Gasteiger partial charge in [0, 0.05) is 6.54 Å². The van der Waals surface area contributed by atoms with Crippen LogP contribution in [0.1, 0.15) is 6.92 Å². The van der Waals surface area contributed by atoms with Gasteiger partial charge in [-0.1, -0.05) is 29.3 Å². The monoisotopic (exact) mass is 328 g/mol. The molecule has 1 N–H and O–H groups in total. The molecule has 0 aliphatic carbocycles. The van der Waals surface area contributed by atoms with Crippen LogP contribution in [0.25, 0.3) is 0 Å². The molecule has 0 aliphatic heterocycles. The first-order chi connectivity index (χ1) is 10.0. The van der Waals surface area contributed by atoms with Crippen molar-refractivity contribution < 1.29 is 9.66 Å². The van der Waals surface area contributed by atoms with Crippen LogP contribution in [0.3, 0.4) is 0 Å². The van der Waals surface area contributed by atoms with Crippen LogP contribution in [0.4, 0.5) is 11.6 Å². The molecule has 0 amide bonds. The van der Waals surface area contributed by atoms with Gasteiger partial charge in [-0.25, -0.2) is 4.98 Å². The van der Waals surface area contributed by atoms with E-state index in [1.165, 1.54) is 6.07 Å². The van der Waals surface area contributed by atoms with Crippen LogP contribution in [0, 0.1) is 10.1 Å². The van der Waals surface area contributed by atoms with Crippen LogP contribution in [0.5, 0.6) is 11.6 Å². The Morgan fingerprint density at radius 1 is 1.43 bits per heavy atom. The van der Waals surface area contributed by atoms with Gasteiger partial charge in [0.25, 0.3) is 0 Å². The zero-order valence-electron chi connectivity index (χ0n) is 10.8. The SMILES string of the molecule is CCNc1ncc([N+](=O)[O-])c(Oc2cccc(Cl)c2Cl)n1. The Morgan fingerprint density at radius 3 is 2.86 bits per heavy atom. The molecule has 21 heavy (non-hydrogen) atoms. The second-order valence-electron chi connectivity index (χ2n) is 3.83. The van der Waals surface area contributed by atoms with Crippen molar-refractivity contribution >= 4 is 34.8 Å². The summed E-state index contributed by atoms with van der Waals surface area (Å²) in [6.07, 6.45) is 1.07. The van der Waals surface area contributed by atoms with E-state index in [9.17, 15) is 10.1 Å². The first-order valence-corrected chi connectivity index (χ1v) is 6.65. The third-order valence-corrected chi connectivity index (χ3v) is 3.19. The summed E-state index contributed by atoms with van der Waals surface area (Å²) in [5, 5.41) is 14.3. The largest absolute Gasteiger partial charge is 0.432 e. The van der Waals surface area contributed by atoms with Crippen LogP contribution in [-0.4, -0.2) is 21.4 Å². The van der Waals surface area contributed by atoms with Crippen molar-refractivity contribution in [3.63, 3.8) is 0 Å². The first-order valence-electron chi connectivity index (χ1n) is 5.90. The van der Waals surface area contributed by atoms with Crippen molar-refractivity contribution in [3.8, 4) is 11.6 Å². The van der Waals surface area contributed by atoms with E-state index in [1.807, 2.05) is 6.92 Å². The van der Waals surface area contributed by atoms with E-state index in [-0.39, 0.29) is 33.3 Å². The molecule has 1 heterocycles. The van der Waals surface area contributed by atoms with E-state index >= 15 is 0 Å². The highest BCUT2D eigenvalue weighted by Gasteiger charge is 2.21. The second kappa shape index (κ2) is 6.55. The Labute approximate surface area is 130 Å². The van der Waals surface area contributed by atoms with Crippen LogP contribution in [0.2, 0.25) is 10.0 Å². The molecule has 0 fully saturated rings. The molecular formula is C12H10Cl2N4O3. The van der Waals surface area contributed by atoms with Gasteiger partial charge in [0.1, 0.15) is 17.0 Å². The average Bonchev–Trinajstić information content (AvgIpc) is 2.44. The Kier molecular flexibility index (Phi) is 4.77. The zero-order valence-corrected chi connectivity index (χ0v) is 12.4. The third kappa shape index (κ3) is 3.50. The maximum Gasteiger partial charge on any atom is 0.349 e. The van der Waals surface area contributed by atoms with Gasteiger partial charge in [0.2, 0.25) is 5.95 Å². The van der Waals surface area contributed by atoms with Crippen molar-refractivity contribution in [1.82, 2.24) is 9.97 Å². The molecule has 9 heteroatoms. The normalized spacial score (nSPS) is 10.2. The Morgan fingerprint density at radius 2 is 2.19 bits per heavy atom. The van der Waals surface area contributed by atoms with Gasteiger partial charge in [-0.15, -0.1) is 0 Å². The van der Waals surface area contributed by atoms with E-state index in [0.717, 1.165) is 6.20 Å². The van der Waals surface area contributed by atoms with Gasteiger partial charge in [0.15, 0.2) is 0 Å². The number of nitro groups is 1. The molecule has 2 aromatic rings. The number of hydrogen-bond acceptors (Lipinski definition) is 6. The maximum atomic E-state index is 11.0. The molecule has 1 aromatic carbocycles. The Hall–Kier alpha value is -2.12. The van der Waals surface area contributed by atoms with Crippen molar-refractivity contribution in [2.75, 3.05) is 11.9 Å². The predicted octanol–water partition coefficient (Wildman–Crippen LogP) is 3.92. The van der Waals surface area contributed by atoms with Gasteiger partial charge >= 0.3 is 11.6 Å². The molecule has 0 radical (unpaired) electrons. The number of hydrogen-bond donors (Lipinski definition) is 1. The summed E-state index contributed by atoms with van der Waals surface area (Å²) in [6.45, 7) is 2.41. The summed E-state index contributed by atoms with van der Waals surface area (Å²) in [5.41, 5.74) is -0.368.